The number of non-ortho nitro benzene ring substituents is 1. The summed E-state index contributed by atoms with van der Waals surface area (Å²) in [6.45, 7) is 6.12. The lowest BCUT2D eigenvalue weighted by Gasteiger charge is -2.32. The molecule has 1 atom stereocenters. The van der Waals surface area contributed by atoms with Crippen molar-refractivity contribution in [1.29, 1.82) is 0 Å². The first-order chi connectivity index (χ1) is 8.06. The molecule has 0 aliphatic carbocycles. The van der Waals surface area contributed by atoms with Crippen LogP contribution in [0.2, 0.25) is 0 Å². The van der Waals surface area contributed by atoms with Crippen LogP contribution in [0.1, 0.15) is 12.5 Å². The van der Waals surface area contributed by atoms with Crippen molar-refractivity contribution in [3.8, 4) is 0 Å². The highest BCUT2D eigenvalue weighted by atomic mass is 16.6. The maximum Gasteiger partial charge on any atom is 0.271 e. The maximum absolute atomic E-state index is 10.8. The van der Waals surface area contributed by atoms with Gasteiger partial charge in [-0.1, -0.05) is 0 Å². The summed E-state index contributed by atoms with van der Waals surface area (Å²) in [5.41, 5.74) is 1.97. The predicted molar refractivity (Wildman–Crippen MR) is 65.5 cm³/mol. The summed E-state index contributed by atoms with van der Waals surface area (Å²) in [6, 6.07) is 5.20. The van der Waals surface area contributed by atoms with E-state index in [-0.39, 0.29) is 16.7 Å². The van der Waals surface area contributed by atoms with Crippen LogP contribution in [0.15, 0.2) is 18.2 Å². The molecule has 0 aromatic heterocycles. The zero-order valence-electron chi connectivity index (χ0n) is 10.0. The number of morpholine rings is 1. The van der Waals surface area contributed by atoms with Crippen molar-refractivity contribution >= 4 is 11.4 Å². The van der Waals surface area contributed by atoms with Crippen LogP contribution in [0.5, 0.6) is 0 Å². The van der Waals surface area contributed by atoms with Gasteiger partial charge in [0.15, 0.2) is 0 Å². The molecule has 1 aliphatic heterocycles. The first-order valence-electron chi connectivity index (χ1n) is 5.69. The number of anilines is 1. The highest BCUT2D eigenvalue weighted by molar-refractivity contribution is 5.56. The number of hydrogen-bond acceptors (Lipinski definition) is 4. The second kappa shape index (κ2) is 4.71. The van der Waals surface area contributed by atoms with Crippen molar-refractivity contribution in [2.45, 2.75) is 20.0 Å². The Kier molecular flexibility index (Phi) is 3.28. The Labute approximate surface area is 100 Å². The second-order valence-corrected chi connectivity index (χ2v) is 4.41. The van der Waals surface area contributed by atoms with Crippen LogP contribution in [-0.2, 0) is 4.74 Å². The molecular weight excluding hydrogens is 220 g/mol. The van der Waals surface area contributed by atoms with Gasteiger partial charge in [-0.05, 0) is 25.5 Å². The number of nitro groups is 1. The molecule has 0 amide bonds. The number of benzene rings is 1. The lowest BCUT2D eigenvalue weighted by Crippen LogP contribution is -2.41. The summed E-state index contributed by atoms with van der Waals surface area (Å²) < 4.78 is 5.46. The fraction of sp³-hybridized carbons (Fsp3) is 0.500. The molecule has 0 radical (unpaired) electrons. The van der Waals surface area contributed by atoms with Crippen molar-refractivity contribution in [2.24, 2.45) is 0 Å². The molecule has 2 rings (SSSR count). The Morgan fingerprint density at radius 3 is 2.88 bits per heavy atom. The lowest BCUT2D eigenvalue weighted by molar-refractivity contribution is -0.384. The molecule has 1 aliphatic rings. The summed E-state index contributed by atoms with van der Waals surface area (Å²) >= 11 is 0. The highest BCUT2D eigenvalue weighted by Gasteiger charge is 2.19. The molecule has 92 valence electrons. The van der Waals surface area contributed by atoms with Crippen LogP contribution in [0.4, 0.5) is 11.4 Å². The fourth-order valence-electron chi connectivity index (χ4n) is 2.08. The van der Waals surface area contributed by atoms with E-state index in [0.717, 1.165) is 24.3 Å². The van der Waals surface area contributed by atoms with E-state index in [9.17, 15) is 10.1 Å². The van der Waals surface area contributed by atoms with Gasteiger partial charge in [0.1, 0.15) is 0 Å². The average Bonchev–Trinajstić information content (AvgIpc) is 2.28. The first-order valence-corrected chi connectivity index (χ1v) is 5.69. The fourth-order valence-corrected chi connectivity index (χ4v) is 2.08. The number of ether oxygens (including phenoxy) is 1. The molecule has 5 nitrogen and oxygen atoms in total. The Morgan fingerprint density at radius 1 is 1.47 bits per heavy atom. The van der Waals surface area contributed by atoms with E-state index in [2.05, 4.69) is 4.90 Å². The van der Waals surface area contributed by atoms with Crippen molar-refractivity contribution in [3.05, 3.63) is 33.9 Å². The van der Waals surface area contributed by atoms with E-state index in [1.807, 2.05) is 19.9 Å². The third kappa shape index (κ3) is 2.74. The van der Waals surface area contributed by atoms with Crippen molar-refractivity contribution < 1.29 is 9.66 Å². The predicted octanol–water partition coefficient (Wildman–Crippen LogP) is 2.13. The third-order valence-electron chi connectivity index (χ3n) is 2.86. The summed E-state index contributed by atoms with van der Waals surface area (Å²) in [6.07, 6.45) is 0.170. The van der Waals surface area contributed by atoms with Crippen LogP contribution < -0.4 is 4.90 Å². The van der Waals surface area contributed by atoms with Gasteiger partial charge in [0.25, 0.3) is 5.69 Å². The molecule has 1 heterocycles. The Hall–Kier alpha value is -1.62. The minimum Gasteiger partial charge on any atom is -0.375 e. The molecule has 1 fully saturated rings. The Bertz CT molecular complexity index is 434. The summed E-state index contributed by atoms with van der Waals surface area (Å²) in [4.78, 5) is 12.6. The van der Waals surface area contributed by atoms with Crippen LogP contribution in [-0.4, -0.2) is 30.7 Å². The summed E-state index contributed by atoms with van der Waals surface area (Å²) in [7, 11) is 0. The minimum absolute atomic E-state index is 0.152. The van der Waals surface area contributed by atoms with E-state index < -0.39 is 0 Å². The zero-order chi connectivity index (χ0) is 12.4. The number of aryl methyl sites for hydroxylation is 1. The SMILES string of the molecule is Cc1cc(N2CCOC(C)C2)cc([N+](=O)[O-])c1. The van der Waals surface area contributed by atoms with Gasteiger partial charge in [-0.2, -0.15) is 0 Å². The minimum atomic E-state index is -0.347. The van der Waals surface area contributed by atoms with E-state index in [1.165, 1.54) is 0 Å². The van der Waals surface area contributed by atoms with E-state index in [4.69, 9.17) is 4.74 Å². The van der Waals surface area contributed by atoms with Crippen LogP contribution in [0.25, 0.3) is 0 Å². The van der Waals surface area contributed by atoms with Crippen LogP contribution in [0, 0.1) is 17.0 Å². The number of hydrogen-bond donors (Lipinski definition) is 0. The van der Waals surface area contributed by atoms with Crippen molar-refractivity contribution in [1.82, 2.24) is 0 Å². The van der Waals surface area contributed by atoms with Crippen molar-refractivity contribution in [3.63, 3.8) is 0 Å². The molecule has 0 bridgehead atoms. The van der Waals surface area contributed by atoms with E-state index >= 15 is 0 Å². The molecule has 1 saturated heterocycles. The standard InChI is InChI=1S/C12H16N2O3/c1-9-5-11(7-12(6-9)14(15)16)13-3-4-17-10(2)8-13/h5-7,10H,3-4,8H2,1-2H3. The molecule has 17 heavy (non-hydrogen) atoms. The smallest absolute Gasteiger partial charge is 0.271 e. The molecule has 0 N–H and O–H groups in total. The van der Waals surface area contributed by atoms with Gasteiger partial charge in [0.2, 0.25) is 0 Å². The topological polar surface area (TPSA) is 55.6 Å². The Morgan fingerprint density at radius 2 is 2.24 bits per heavy atom. The van der Waals surface area contributed by atoms with Gasteiger partial charge >= 0.3 is 0 Å². The van der Waals surface area contributed by atoms with Crippen LogP contribution >= 0.6 is 0 Å². The monoisotopic (exact) mass is 236 g/mol. The molecule has 5 heteroatoms. The summed E-state index contributed by atoms with van der Waals surface area (Å²) in [5, 5.41) is 10.8. The number of nitro benzene ring substituents is 1. The van der Waals surface area contributed by atoms with Gasteiger partial charge in [-0.3, -0.25) is 10.1 Å². The largest absolute Gasteiger partial charge is 0.375 e. The third-order valence-corrected chi connectivity index (χ3v) is 2.86. The Balaban J connectivity index is 2.28. The van der Waals surface area contributed by atoms with Crippen molar-refractivity contribution in [2.75, 3.05) is 24.6 Å². The summed E-state index contributed by atoms with van der Waals surface area (Å²) in [5.74, 6) is 0. The van der Waals surface area contributed by atoms with Gasteiger partial charge in [0.05, 0.1) is 17.6 Å². The van der Waals surface area contributed by atoms with Gasteiger partial charge in [-0.15, -0.1) is 0 Å². The normalized spacial score (nSPS) is 20.4. The van der Waals surface area contributed by atoms with E-state index in [0.29, 0.717) is 6.61 Å². The molecule has 1 unspecified atom stereocenters. The molecule has 1 aromatic rings. The van der Waals surface area contributed by atoms with Gasteiger partial charge in [0, 0.05) is 30.9 Å². The lowest BCUT2D eigenvalue weighted by atomic mass is 10.1. The zero-order valence-corrected chi connectivity index (χ0v) is 10.0. The van der Waals surface area contributed by atoms with Gasteiger partial charge < -0.3 is 9.64 Å². The molecule has 0 saturated carbocycles. The maximum atomic E-state index is 10.8. The van der Waals surface area contributed by atoms with Crippen LogP contribution in [0.3, 0.4) is 0 Å². The molecular formula is C12H16N2O3. The highest BCUT2D eigenvalue weighted by Crippen LogP contribution is 2.25. The number of nitrogens with zero attached hydrogens (tertiary/aromatic N) is 2. The van der Waals surface area contributed by atoms with Gasteiger partial charge in [-0.25, -0.2) is 0 Å². The number of rotatable bonds is 2. The molecule has 1 aromatic carbocycles. The molecule has 0 spiro atoms. The quantitative estimate of drug-likeness (QED) is 0.583. The van der Waals surface area contributed by atoms with E-state index in [1.54, 1.807) is 12.1 Å². The second-order valence-electron chi connectivity index (χ2n) is 4.41. The first kappa shape index (κ1) is 11.9. The average molecular weight is 236 g/mol.